The third kappa shape index (κ3) is 3.35. The summed E-state index contributed by atoms with van der Waals surface area (Å²) < 4.78 is 15.9. The highest BCUT2D eigenvalue weighted by Crippen LogP contribution is 2.27. The van der Waals surface area contributed by atoms with Crippen LogP contribution in [0.5, 0.6) is 11.5 Å². The SMILES string of the molecule is COc1ccc(CCNC(=O)c2n[nH]c3c2COCC3)cc1OC. The van der Waals surface area contributed by atoms with E-state index >= 15 is 0 Å². The Bertz CT molecular complexity index is 727. The number of aromatic amines is 1. The predicted molar refractivity (Wildman–Crippen MR) is 87.5 cm³/mol. The fourth-order valence-corrected chi connectivity index (χ4v) is 2.74. The van der Waals surface area contributed by atoms with Crippen LogP contribution in [0.25, 0.3) is 0 Å². The molecule has 0 fully saturated rings. The lowest BCUT2D eigenvalue weighted by molar-refractivity contribution is 0.0925. The van der Waals surface area contributed by atoms with Gasteiger partial charge in [-0.2, -0.15) is 5.10 Å². The normalized spacial score (nSPS) is 13.2. The van der Waals surface area contributed by atoms with Gasteiger partial charge in [0.25, 0.3) is 5.91 Å². The van der Waals surface area contributed by atoms with Gasteiger partial charge in [-0.15, -0.1) is 0 Å². The van der Waals surface area contributed by atoms with Gasteiger partial charge in [-0.25, -0.2) is 0 Å². The molecule has 1 aliphatic rings. The second-order valence-corrected chi connectivity index (χ2v) is 5.53. The number of amides is 1. The van der Waals surface area contributed by atoms with Crippen LogP contribution in [0.3, 0.4) is 0 Å². The second kappa shape index (κ2) is 7.35. The number of nitrogens with one attached hydrogen (secondary N) is 2. The van der Waals surface area contributed by atoms with Gasteiger partial charge in [0.1, 0.15) is 0 Å². The van der Waals surface area contributed by atoms with Crippen molar-refractivity contribution in [2.75, 3.05) is 27.4 Å². The summed E-state index contributed by atoms with van der Waals surface area (Å²) in [5, 5.41) is 9.94. The fraction of sp³-hybridized carbons (Fsp3) is 0.412. The summed E-state index contributed by atoms with van der Waals surface area (Å²) in [4.78, 5) is 12.3. The first-order chi connectivity index (χ1) is 11.7. The van der Waals surface area contributed by atoms with Gasteiger partial charge in [0.2, 0.25) is 0 Å². The summed E-state index contributed by atoms with van der Waals surface area (Å²) in [6.07, 6.45) is 1.45. The first-order valence-corrected chi connectivity index (χ1v) is 7.86. The molecule has 0 atom stereocenters. The molecule has 0 radical (unpaired) electrons. The average Bonchev–Trinajstić information content (AvgIpc) is 3.05. The van der Waals surface area contributed by atoms with Gasteiger partial charge in [-0.05, 0) is 24.1 Å². The number of ether oxygens (including phenoxy) is 3. The molecule has 7 heteroatoms. The van der Waals surface area contributed by atoms with Gasteiger partial charge in [0, 0.05) is 24.2 Å². The molecule has 0 aliphatic carbocycles. The molecular formula is C17H21N3O4. The maximum Gasteiger partial charge on any atom is 0.272 e. The van der Waals surface area contributed by atoms with E-state index in [9.17, 15) is 4.79 Å². The number of fused-ring (bicyclic) bond motifs is 1. The number of H-pyrrole nitrogens is 1. The minimum atomic E-state index is -0.182. The van der Waals surface area contributed by atoms with E-state index in [0.29, 0.717) is 43.4 Å². The summed E-state index contributed by atoms with van der Waals surface area (Å²) in [5.74, 6) is 1.19. The van der Waals surface area contributed by atoms with Crippen molar-refractivity contribution in [3.63, 3.8) is 0 Å². The molecule has 0 spiro atoms. The van der Waals surface area contributed by atoms with Crippen LogP contribution in [0.1, 0.15) is 27.3 Å². The minimum absolute atomic E-state index is 0.182. The number of hydrogen-bond acceptors (Lipinski definition) is 5. The maximum absolute atomic E-state index is 12.3. The molecule has 7 nitrogen and oxygen atoms in total. The van der Waals surface area contributed by atoms with Gasteiger partial charge < -0.3 is 19.5 Å². The number of hydrogen-bond donors (Lipinski definition) is 2. The van der Waals surface area contributed by atoms with E-state index in [1.165, 1.54) is 0 Å². The van der Waals surface area contributed by atoms with E-state index in [0.717, 1.165) is 23.2 Å². The highest BCUT2D eigenvalue weighted by Gasteiger charge is 2.21. The number of aromatic nitrogens is 2. The largest absolute Gasteiger partial charge is 0.493 e. The van der Waals surface area contributed by atoms with Crippen LogP contribution in [0, 0.1) is 0 Å². The highest BCUT2D eigenvalue weighted by molar-refractivity contribution is 5.93. The monoisotopic (exact) mass is 331 g/mol. The summed E-state index contributed by atoms with van der Waals surface area (Å²) in [5.41, 5.74) is 3.34. The van der Waals surface area contributed by atoms with Crippen molar-refractivity contribution in [2.45, 2.75) is 19.4 Å². The van der Waals surface area contributed by atoms with Crippen LogP contribution < -0.4 is 14.8 Å². The van der Waals surface area contributed by atoms with E-state index in [2.05, 4.69) is 15.5 Å². The van der Waals surface area contributed by atoms with Crippen LogP contribution in [0.15, 0.2) is 18.2 Å². The molecule has 2 heterocycles. The number of methoxy groups -OCH3 is 2. The van der Waals surface area contributed by atoms with Crippen LogP contribution >= 0.6 is 0 Å². The number of carbonyl (C=O) groups is 1. The van der Waals surface area contributed by atoms with Gasteiger partial charge >= 0.3 is 0 Å². The van der Waals surface area contributed by atoms with Crippen LogP contribution in [-0.2, 0) is 24.2 Å². The van der Waals surface area contributed by atoms with Crippen molar-refractivity contribution >= 4 is 5.91 Å². The molecular weight excluding hydrogens is 310 g/mol. The summed E-state index contributed by atoms with van der Waals surface area (Å²) in [7, 11) is 3.21. The standard InChI is InChI=1S/C17H21N3O4/c1-22-14-4-3-11(9-15(14)23-2)5-7-18-17(21)16-12-10-24-8-6-13(12)19-20-16/h3-4,9H,5-8,10H2,1-2H3,(H,18,21)(H,19,20). The number of rotatable bonds is 6. The van der Waals surface area contributed by atoms with Crippen LogP contribution in [0.2, 0.25) is 0 Å². The Morgan fingerprint density at radius 2 is 2.17 bits per heavy atom. The lowest BCUT2D eigenvalue weighted by Crippen LogP contribution is -2.27. The molecule has 3 rings (SSSR count). The molecule has 0 unspecified atom stereocenters. The van der Waals surface area contributed by atoms with Crippen LogP contribution in [0.4, 0.5) is 0 Å². The smallest absolute Gasteiger partial charge is 0.272 e. The van der Waals surface area contributed by atoms with Gasteiger partial charge in [0.15, 0.2) is 17.2 Å². The summed E-state index contributed by atoms with van der Waals surface area (Å²) in [6.45, 7) is 1.61. The highest BCUT2D eigenvalue weighted by atomic mass is 16.5. The lowest BCUT2D eigenvalue weighted by Gasteiger charge is -2.12. The molecule has 1 aliphatic heterocycles. The Morgan fingerprint density at radius 3 is 2.96 bits per heavy atom. The predicted octanol–water partition coefficient (Wildman–Crippen LogP) is 1.47. The van der Waals surface area contributed by atoms with E-state index in [1.807, 2.05) is 18.2 Å². The Balaban J connectivity index is 1.58. The topological polar surface area (TPSA) is 85.5 Å². The third-order valence-corrected chi connectivity index (χ3v) is 4.06. The van der Waals surface area contributed by atoms with Crippen molar-refractivity contribution in [1.82, 2.24) is 15.5 Å². The molecule has 0 saturated carbocycles. The Labute approximate surface area is 140 Å². The molecule has 24 heavy (non-hydrogen) atoms. The Hall–Kier alpha value is -2.54. The molecule has 1 amide bonds. The van der Waals surface area contributed by atoms with Gasteiger partial charge in [0.05, 0.1) is 27.4 Å². The Kier molecular flexibility index (Phi) is 5.00. The zero-order valence-electron chi connectivity index (χ0n) is 13.8. The first-order valence-electron chi connectivity index (χ1n) is 7.86. The first kappa shape index (κ1) is 16.3. The zero-order valence-corrected chi connectivity index (χ0v) is 13.8. The molecule has 128 valence electrons. The van der Waals surface area contributed by atoms with E-state index < -0.39 is 0 Å². The van der Waals surface area contributed by atoms with Crippen molar-refractivity contribution in [3.05, 3.63) is 40.7 Å². The van der Waals surface area contributed by atoms with Crippen molar-refractivity contribution in [1.29, 1.82) is 0 Å². The molecule has 2 N–H and O–H groups in total. The number of carbonyl (C=O) groups excluding carboxylic acids is 1. The van der Waals surface area contributed by atoms with Crippen molar-refractivity contribution < 1.29 is 19.0 Å². The quantitative estimate of drug-likeness (QED) is 0.837. The third-order valence-electron chi connectivity index (χ3n) is 4.06. The van der Waals surface area contributed by atoms with Crippen LogP contribution in [-0.4, -0.2) is 43.5 Å². The van der Waals surface area contributed by atoms with E-state index in [1.54, 1.807) is 14.2 Å². The van der Waals surface area contributed by atoms with Crippen molar-refractivity contribution in [3.8, 4) is 11.5 Å². The van der Waals surface area contributed by atoms with Gasteiger partial charge in [-0.3, -0.25) is 9.89 Å². The maximum atomic E-state index is 12.3. The molecule has 1 aromatic heterocycles. The van der Waals surface area contributed by atoms with E-state index in [4.69, 9.17) is 14.2 Å². The summed E-state index contributed by atoms with van der Waals surface area (Å²) >= 11 is 0. The van der Waals surface area contributed by atoms with Gasteiger partial charge in [-0.1, -0.05) is 6.07 Å². The number of nitrogens with zero attached hydrogens (tertiary/aromatic N) is 1. The molecule has 1 aromatic carbocycles. The zero-order chi connectivity index (χ0) is 16.9. The van der Waals surface area contributed by atoms with Crippen molar-refractivity contribution in [2.24, 2.45) is 0 Å². The minimum Gasteiger partial charge on any atom is -0.493 e. The second-order valence-electron chi connectivity index (χ2n) is 5.53. The Morgan fingerprint density at radius 1 is 1.33 bits per heavy atom. The number of benzene rings is 1. The molecule has 0 bridgehead atoms. The average molecular weight is 331 g/mol. The van der Waals surface area contributed by atoms with E-state index in [-0.39, 0.29) is 5.91 Å². The lowest BCUT2D eigenvalue weighted by atomic mass is 10.1. The summed E-state index contributed by atoms with van der Waals surface area (Å²) in [6, 6.07) is 5.73. The molecule has 0 saturated heterocycles. The fourth-order valence-electron chi connectivity index (χ4n) is 2.74. The molecule has 2 aromatic rings.